The van der Waals surface area contributed by atoms with Crippen molar-refractivity contribution >= 4 is 50.7 Å². The predicted molar refractivity (Wildman–Crippen MR) is 76.4 cm³/mol. The average Bonchev–Trinajstić information content (AvgIpc) is 2.34. The molecule has 3 nitrogen and oxygen atoms in total. The maximum absolute atomic E-state index is 11.9. The van der Waals surface area contributed by atoms with E-state index in [-0.39, 0.29) is 5.91 Å². The van der Waals surface area contributed by atoms with E-state index < -0.39 is 0 Å². The van der Waals surface area contributed by atoms with Gasteiger partial charge < -0.3 is 5.32 Å². The van der Waals surface area contributed by atoms with Gasteiger partial charge in [0, 0.05) is 5.02 Å². The van der Waals surface area contributed by atoms with Crippen molar-refractivity contribution in [1.82, 2.24) is 4.98 Å². The molecule has 0 saturated carbocycles. The highest BCUT2D eigenvalue weighted by atomic mass is 79.9. The van der Waals surface area contributed by atoms with Crippen LogP contribution in [0.25, 0.3) is 0 Å². The van der Waals surface area contributed by atoms with E-state index in [1.165, 1.54) is 0 Å². The molecular formula is C12H7BrCl2N2O. The van der Waals surface area contributed by atoms with Gasteiger partial charge in [0.25, 0.3) is 5.91 Å². The molecule has 0 bridgehead atoms. The fourth-order valence-electron chi connectivity index (χ4n) is 1.31. The van der Waals surface area contributed by atoms with Crippen molar-refractivity contribution in [3.05, 3.63) is 56.7 Å². The van der Waals surface area contributed by atoms with Crippen LogP contribution in [0.5, 0.6) is 0 Å². The Kier molecular flexibility index (Phi) is 4.22. The molecule has 1 N–H and O–H groups in total. The van der Waals surface area contributed by atoms with Crippen LogP contribution in [0.15, 0.2) is 41.0 Å². The molecule has 2 rings (SSSR count). The smallest absolute Gasteiger partial charge is 0.274 e. The van der Waals surface area contributed by atoms with Crippen LogP contribution in [-0.2, 0) is 0 Å². The lowest BCUT2D eigenvalue weighted by Crippen LogP contribution is -2.13. The third-order valence-electron chi connectivity index (χ3n) is 2.12. The molecule has 1 heterocycles. The van der Waals surface area contributed by atoms with Crippen molar-refractivity contribution in [1.29, 1.82) is 0 Å². The second kappa shape index (κ2) is 5.69. The van der Waals surface area contributed by atoms with E-state index in [1.54, 1.807) is 36.4 Å². The lowest BCUT2D eigenvalue weighted by atomic mass is 10.3. The lowest BCUT2D eigenvalue weighted by Gasteiger charge is -2.07. The molecule has 0 fully saturated rings. The van der Waals surface area contributed by atoms with E-state index >= 15 is 0 Å². The Morgan fingerprint density at radius 3 is 2.72 bits per heavy atom. The van der Waals surface area contributed by atoms with Crippen LogP contribution in [0.3, 0.4) is 0 Å². The molecule has 1 aromatic heterocycles. The van der Waals surface area contributed by atoms with E-state index in [9.17, 15) is 4.79 Å². The molecule has 0 unspecified atom stereocenters. The van der Waals surface area contributed by atoms with Gasteiger partial charge in [-0.15, -0.1) is 0 Å². The average molecular weight is 346 g/mol. The highest BCUT2D eigenvalue weighted by Crippen LogP contribution is 2.25. The van der Waals surface area contributed by atoms with Gasteiger partial charge in [0.05, 0.1) is 10.7 Å². The molecule has 0 atom stereocenters. The zero-order valence-electron chi connectivity index (χ0n) is 8.95. The minimum Gasteiger partial charge on any atom is -0.319 e. The number of carbonyl (C=O) groups is 1. The van der Waals surface area contributed by atoms with Crippen molar-refractivity contribution in [3.8, 4) is 0 Å². The Labute approximate surface area is 122 Å². The molecule has 0 aliphatic carbocycles. The number of carbonyl (C=O) groups excluding carboxylic acids is 1. The number of nitrogens with zero attached hydrogens (tertiary/aromatic N) is 1. The molecule has 1 aromatic carbocycles. The van der Waals surface area contributed by atoms with Crippen LogP contribution < -0.4 is 5.32 Å². The first-order valence-corrected chi connectivity index (χ1v) is 6.50. The summed E-state index contributed by atoms with van der Waals surface area (Å²) in [4.78, 5) is 16.0. The number of rotatable bonds is 2. The summed E-state index contributed by atoms with van der Waals surface area (Å²) in [5.41, 5.74) is 0.747. The largest absolute Gasteiger partial charge is 0.319 e. The van der Waals surface area contributed by atoms with E-state index in [2.05, 4.69) is 26.2 Å². The van der Waals surface area contributed by atoms with E-state index in [0.717, 1.165) is 0 Å². The third-order valence-corrected chi connectivity index (χ3v) is 3.13. The normalized spacial score (nSPS) is 10.2. The minimum atomic E-state index is -0.347. The van der Waals surface area contributed by atoms with Gasteiger partial charge >= 0.3 is 0 Å². The molecule has 0 radical (unpaired) electrons. The van der Waals surface area contributed by atoms with Crippen LogP contribution in [0.2, 0.25) is 10.0 Å². The second-order valence-electron chi connectivity index (χ2n) is 3.42. The number of nitrogens with one attached hydrogen (secondary N) is 1. The number of anilines is 1. The number of hydrogen-bond acceptors (Lipinski definition) is 2. The van der Waals surface area contributed by atoms with Crippen LogP contribution in [0, 0.1) is 0 Å². The van der Waals surface area contributed by atoms with Crippen molar-refractivity contribution in [3.63, 3.8) is 0 Å². The first kappa shape index (κ1) is 13.3. The molecular weight excluding hydrogens is 339 g/mol. The predicted octanol–water partition coefficient (Wildman–Crippen LogP) is 4.40. The molecule has 18 heavy (non-hydrogen) atoms. The molecule has 92 valence electrons. The number of amides is 1. The Bertz CT molecular complexity index is 604. The third kappa shape index (κ3) is 3.22. The summed E-state index contributed by atoms with van der Waals surface area (Å²) in [5.74, 6) is -0.347. The van der Waals surface area contributed by atoms with Crippen molar-refractivity contribution in [2.24, 2.45) is 0 Å². The van der Waals surface area contributed by atoms with Crippen LogP contribution >= 0.6 is 39.1 Å². The topological polar surface area (TPSA) is 42.0 Å². The maximum Gasteiger partial charge on any atom is 0.274 e. The summed E-state index contributed by atoms with van der Waals surface area (Å²) in [6.07, 6.45) is 0. The molecule has 0 aliphatic heterocycles. The maximum atomic E-state index is 11.9. The first-order chi connectivity index (χ1) is 8.56. The Balaban J connectivity index is 2.24. The Morgan fingerprint density at radius 2 is 2.00 bits per heavy atom. The molecule has 0 saturated heterocycles. The van der Waals surface area contributed by atoms with Crippen LogP contribution in [0.1, 0.15) is 10.5 Å². The highest BCUT2D eigenvalue weighted by molar-refractivity contribution is 9.10. The fourth-order valence-corrected chi connectivity index (χ4v) is 1.99. The molecule has 2 aromatic rings. The number of aromatic nitrogens is 1. The Morgan fingerprint density at radius 1 is 1.22 bits per heavy atom. The van der Waals surface area contributed by atoms with Gasteiger partial charge in [0.1, 0.15) is 10.3 Å². The van der Waals surface area contributed by atoms with E-state index in [1.807, 2.05) is 0 Å². The van der Waals surface area contributed by atoms with Gasteiger partial charge in [0.2, 0.25) is 0 Å². The number of pyridine rings is 1. The van der Waals surface area contributed by atoms with Gasteiger partial charge in [0.15, 0.2) is 0 Å². The van der Waals surface area contributed by atoms with Gasteiger partial charge in [-0.2, -0.15) is 0 Å². The number of benzene rings is 1. The summed E-state index contributed by atoms with van der Waals surface area (Å²) in [5, 5.41) is 3.57. The molecule has 1 amide bonds. The van der Waals surface area contributed by atoms with E-state index in [0.29, 0.717) is 26.0 Å². The van der Waals surface area contributed by atoms with E-state index in [4.69, 9.17) is 23.2 Å². The fraction of sp³-hybridized carbons (Fsp3) is 0. The quantitative estimate of drug-likeness (QED) is 0.819. The number of hydrogen-bond donors (Lipinski definition) is 1. The van der Waals surface area contributed by atoms with Crippen LogP contribution in [0.4, 0.5) is 5.69 Å². The van der Waals surface area contributed by atoms with Gasteiger partial charge in [-0.25, -0.2) is 4.98 Å². The Hall–Kier alpha value is -1.10. The molecule has 0 spiro atoms. The second-order valence-corrected chi connectivity index (χ2v) is 5.08. The van der Waals surface area contributed by atoms with Crippen molar-refractivity contribution < 1.29 is 4.79 Å². The summed E-state index contributed by atoms with van der Waals surface area (Å²) in [6.45, 7) is 0. The molecule has 0 aliphatic rings. The number of halogens is 3. The zero-order valence-corrected chi connectivity index (χ0v) is 12.1. The van der Waals surface area contributed by atoms with Gasteiger partial charge in [-0.05, 0) is 46.3 Å². The SMILES string of the molecule is O=C(Nc1cc(Cl)ccc1Cl)c1cccc(Br)n1. The summed E-state index contributed by atoms with van der Waals surface area (Å²) < 4.78 is 0.590. The monoisotopic (exact) mass is 344 g/mol. The van der Waals surface area contributed by atoms with Crippen LogP contribution in [-0.4, -0.2) is 10.9 Å². The summed E-state index contributed by atoms with van der Waals surface area (Å²) in [7, 11) is 0. The standard InChI is InChI=1S/C12H7BrCl2N2O/c13-11-3-1-2-9(16-11)12(18)17-10-6-7(14)4-5-8(10)15/h1-6H,(H,17,18). The van der Waals surface area contributed by atoms with Gasteiger partial charge in [-0.3, -0.25) is 4.79 Å². The minimum absolute atomic E-state index is 0.292. The van der Waals surface area contributed by atoms with Gasteiger partial charge in [-0.1, -0.05) is 29.3 Å². The first-order valence-electron chi connectivity index (χ1n) is 4.95. The molecule has 6 heteroatoms. The lowest BCUT2D eigenvalue weighted by molar-refractivity contribution is 0.102. The summed E-state index contributed by atoms with van der Waals surface area (Å²) >= 11 is 15.0. The zero-order chi connectivity index (χ0) is 13.1. The van der Waals surface area contributed by atoms with Crippen molar-refractivity contribution in [2.75, 3.05) is 5.32 Å². The highest BCUT2D eigenvalue weighted by Gasteiger charge is 2.10. The summed E-state index contributed by atoms with van der Waals surface area (Å²) in [6, 6.07) is 9.93. The van der Waals surface area contributed by atoms with Crippen molar-refractivity contribution in [2.45, 2.75) is 0 Å².